The van der Waals surface area contributed by atoms with E-state index in [-0.39, 0.29) is 18.8 Å². The number of hydrogen-bond donors (Lipinski definition) is 2. The Morgan fingerprint density at radius 1 is 1.44 bits per heavy atom. The summed E-state index contributed by atoms with van der Waals surface area (Å²) in [7, 11) is -3.45. The van der Waals surface area contributed by atoms with Crippen LogP contribution in [-0.2, 0) is 10.0 Å². The highest BCUT2D eigenvalue weighted by Crippen LogP contribution is 2.26. The fourth-order valence-electron chi connectivity index (χ4n) is 1.05. The molecule has 0 spiro atoms. The second-order valence-corrected chi connectivity index (χ2v) is 6.29. The molecule has 4 nitrogen and oxygen atoms in total. The highest BCUT2D eigenvalue weighted by Gasteiger charge is 2.12. The molecule has 1 rings (SSSR count). The van der Waals surface area contributed by atoms with E-state index in [9.17, 15) is 8.42 Å². The Morgan fingerprint density at radius 2 is 2.12 bits per heavy atom. The van der Waals surface area contributed by atoms with E-state index in [0.717, 1.165) is 4.47 Å². The number of sulfonamides is 1. The number of nitrogens with one attached hydrogen (secondary N) is 1. The van der Waals surface area contributed by atoms with Crippen LogP contribution in [0.2, 0.25) is 5.02 Å². The van der Waals surface area contributed by atoms with Gasteiger partial charge in [-0.05, 0) is 24.6 Å². The van der Waals surface area contributed by atoms with Gasteiger partial charge in [0.25, 0.3) is 0 Å². The van der Waals surface area contributed by atoms with Crippen LogP contribution in [-0.4, -0.2) is 25.9 Å². The normalized spacial score (nSPS) is 11.4. The number of halogens is 2. The van der Waals surface area contributed by atoms with Gasteiger partial charge in [-0.25, -0.2) is 8.42 Å². The van der Waals surface area contributed by atoms with Crippen LogP contribution < -0.4 is 4.72 Å². The van der Waals surface area contributed by atoms with Crippen molar-refractivity contribution in [3.63, 3.8) is 0 Å². The summed E-state index contributed by atoms with van der Waals surface area (Å²) in [6.45, 7) is -0.160. The predicted molar refractivity (Wildman–Crippen MR) is 68.3 cm³/mol. The molecular formula is C9H11BrClNO3S. The summed E-state index contributed by atoms with van der Waals surface area (Å²) in [6, 6.07) is 4.89. The zero-order valence-corrected chi connectivity index (χ0v) is 11.4. The molecule has 0 aromatic heterocycles. The van der Waals surface area contributed by atoms with Gasteiger partial charge in [-0.15, -0.1) is 0 Å². The lowest BCUT2D eigenvalue weighted by molar-refractivity contribution is 0.295. The first-order valence-corrected chi connectivity index (χ1v) is 7.33. The number of benzene rings is 1. The van der Waals surface area contributed by atoms with E-state index in [4.69, 9.17) is 16.7 Å². The molecule has 0 aliphatic carbocycles. The fourth-order valence-corrected chi connectivity index (χ4v) is 2.75. The van der Waals surface area contributed by atoms with Gasteiger partial charge in [0.2, 0.25) is 10.0 Å². The van der Waals surface area contributed by atoms with Gasteiger partial charge in [-0.2, -0.15) is 0 Å². The van der Waals surface area contributed by atoms with Gasteiger partial charge in [-0.3, -0.25) is 4.72 Å². The molecule has 0 unspecified atom stereocenters. The zero-order valence-electron chi connectivity index (χ0n) is 8.28. The van der Waals surface area contributed by atoms with Crippen LogP contribution in [0.25, 0.3) is 0 Å². The van der Waals surface area contributed by atoms with Crippen molar-refractivity contribution in [2.24, 2.45) is 0 Å². The van der Waals surface area contributed by atoms with E-state index in [1.165, 1.54) is 0 Å². The fraction of sp³-hybridized carbons (Fsp3) is 0.333. The van der Waals surface area contributed by atoms with Crippen molar-refractivity contribution in [3.05, 3.63) is 27.7 Å². The van der Waals surface area contributed by atoms with Gasteiger partial charge in [0.15, 0.2) is 0 Å². The number of rotatable bonds is 5. The molecule has 7 heteroatoms. The molecule has 0 aliphatic rings. The highest BCUT2D eigenvalue weighted by molar-refractivity contribution is 9.10. The van der Waals surface area contributed by atoms with Crippen LogP contribution in [0.4, 0.5) is 5.69 Å². The molecule has 0 fully saturated rings. The molecule has 16 heavy (non-hydrogen) atoms. The van der Waals surface area contributed by atoms with Crippen molar-refractivity contribution >= 4 is 43.2 Å². The van der Waals surface area contributed by atoms with E-state index in [1.54, 1.807) is 18.2 Å². The molecule has 0 atom stereocenters. The first-order valence-electron chi connectivity index (χ1n) is 4.51. The standard InChI is InChI=1S/C9H11BrClNO3S/c10-7-2-3-8(11)9(6-7)12-16(14,15)5-1-4-13/h2-3,6,12-13H,1,4-5H2. The Labute approximate surface area is 108 Å². The predicted octanol–water partition coefficient (Wildman–Crippen LogP) is 2.23. The van der Waals surface area contributed by atoms with Crippen molar-refractivity contribution in [3.8, 4) is 0 Å². The highest BCUT2D eigenvalue weighted by atomic mass is 79.9. The van der Waals surface area contributed by atoms with Gasteiger partial charge in [0, 0.05) is 11.1 Å². The molecule has 1 aromatic carbocycles. The lowest BCUT2D eigenvalue weighted by Crippen LogP contribution is -2.17. The average molecular weight is 329 g/mol. The van der Waals surface area contributed by atoms with Crippen LogP contribution in [0.15, 0.2) is 22.7 Å². The van der Waals surface area contributed by atoms with E-state index in [2.05, 4.69) is 20.7 Å². The Hall–Kier alpha value is -0.300. The Balaban J connectivity index is 2.83. The lowest BCUT2D eigenvalue weighted by Gasteiger charge is -2.09. The molecule has 90 valence electrons. The zero-order chi connectivity index (χ0) is 12.2. The summed E-state index contributed by atoms with van der Waals surface area (Å²) in [5, 5.41) is 8.90. The van der Waals surface area contributed by atoms with E-state index >= 15 is 0 Å². The summed E-state index contributed by atoms with van der Waals surface area (Å²) < 4.78 is 26.1. The first kappa shape index (κ1) is 13.8. The van der Waals surface area contributed by atoms with Crippen LogP contribution >= 0.6 is 27.5 Å². The maximum absolute atomic E-state index is 11.5. The summed E-state index contributed by atoms with van der Waals surface area (Å²) in [5.74, 6) is -0.133. The third-order valence-corrected chi connectivity index (χ3v) is 3.94. The van der Waals surface area contributed by atoms with Gasteiger partial charge >= 0.3 is 0 Å². The molecule has 1 aromatic rings. The topological polar surface area (TPSA) is 66.4 Å². The SMILES string of the molecule is O=S(=O)(CCCO)Nc1cc(Br)ccc1Cl. The molecule has 0 saturated carbocycles. The van der Waals surface area contributed by atoms with Crippen molar-refractivity contribution in [1.29, 1.82) is 0 Å². The Morgan fingerprint density at radius 3 is 2.75 bits per heavy atom. The maximum Gasteiger partial charge on any atom is 0.232 e. The number of aliphatic hydroxyl groups excluding tert-OH is 1. The minimum absolute atomic E-state index is 0.133. The van der Waals surface area contributed by atoms with Crippen LogP contribution in [0.1, 0.15) is 6.42 Å². The number of aliphatic hydroxyl groups is 1. The second-order valence-electron chi connectivity index (χ2n) is 3.12. The monoisotopic (exact) mass is 327 g/mol. The largest absolute Gasteiger partial charge is 0.396 e. The van der Waals surface area contributed by atoms with Gasteiger partial charge in [0.05, 0.1) is 16.5 Å². The minimum Gasteiger partial charge on any atom is -0.396 e. The number of anilines is 1. The number of hydrogen-bond acceptors (Lipinski definition) is 3. The third kappa shape index (κ3) is 4.29. The summed E-state index contributed by atoms with van der Waals surface area (Å²) in [4.78, 5) is 0. The lowest BCUT2D eigenvalue weighted by atomic mass is 10.3. The molecular weight excluding hydrogens is 318 g/mol. The molecule has 0 bridgehead atoms. The smallest absolute Gasteiger partial charge is 0.232 e. The Bertz CT molecular complexity index is 464. The summed E-state index contributed by atoms with van der Waals surface area (Å²) in [5.41, 5.74) is 0.328. The minimum atomic E-state index is -3.45. The summed E-state index contributed by atoms with van der Waals surface area (Å²) >= 11 is 9.06. The average Bonchev–Trinajstić information content (AvgIpc) is 2.20. The second kappa shape index (κ2) is 5.86. The first-order chi connectivity index (χ1) is 7.44. The van der Waals surface area contributed by atoms with Crippen molar-refractivity contribution < 1.29 is 13.5 Å². The van der Waals surface area contributed by atoms with Crippen LogP contribution in [0.3, 0.4) is 0 Å². The van der Waals surface area contributed by atoms with Crippen LogP contribution in [0.5, 0.6) is 0 Å². The molecule has 2 N–H and O–H groups in total. The molecule has 0 radical (unpaired) electrons. The van der Waals surface area contributed by atoms with Crippen molar-refractivity contribution in [1.82, 2.24) is 0 Å². The van der Waals surface area contributed by atoms with Gasteiger partial charge in [0.1, 0.15) is 0 Å². The maximum atomic E-state index is 11.5. The summed E-state index contributed by atoms with van der Waals surface area (Å²) in [6.07, 6.45) is 0.195. The van der Waals surface area contributed by atoms with Crippen LogP contribution in [0, 0.1) is 0 Å². The molecule has 0 heterocycles. The quantitative estimate of drug-likeness (QED) is 0.871. The van der Waals surface area contributed by atoms with Gasteiger partial charge in [-0.1, -0.05) is 27.5 Å². The van der Waals surface area contributed by atoms with Crippen molar-refractivity contribution in [2.75, 3.05) is 17.1 Å². The Kier molecular flexibility index (Phi) is 5.04. The van der Waals surface area contributed by atoms with E-state index in [1.807, 2.05) is 0 Å². The molecule has 0 amide bonds. The third-order valence-electron chi connectivity index (χ3n) is 1.77. The van der Waals surface area contributed by atoms with E-state index < -0.39 is 10.0 Å². The molecule has 0 saturated heterocycles. The van der Waals surface area contributed by atoms with Crippen molar-refractivity contribution in [2.45, 2.75) is 6.42 Å². The molecule has 0 aliphatic heterocycles. The van der Waals surface area contributed by atoms with E-state index in [0.29, 0.717) is 10.7 Å². The van der Waals surface area contributed by atoms with Gasteiger partial charge < -0.3 is 5.11 Å².